The summed E-state index contributed by atoms with van der Waals surface area (Å²) in [6.45, 7) is 3.37. The molecular weight excluding hydrogens is 268 g/mol. The molecule has 1 saturated heterocycles. The third-order valence-corrected chi connectivity index (χ3v) is 3.68. The number of hydrogen-bond acceptors (Lipinski definition) is 3. The number of piperidine rings is 1. The van der Waals surface area contributed by atoms with Gasteiger partial charge in [0.15, 0.2) is 0 Å². The normalized spacial score (nSPS) is 21.6. The van der Waals surface area contributed by atoms with Gasteiger partial charge in [-0.2, -0.15) is 0 Å². The van der Waals surface area contributed by atoms with E-state index in [9.17, 15) is 9.59 Å². The zero-order valence-electron chi connectivity index (χ0n) is 12.2. The van der Waals surface area contributed by atoms with Crippen molar-refractivity contribution in [3.63, 3.8) is 0 Å². The average molecular weight is 290 g/mol. The zero-order valence-corrected chi connectivity index (χ0v) is 12.2. The van der Waals surface area contributed by atoms with Crippen molar-refractivity contribution in [2.75, 3.05) is 11.9 Å². The molecule has 0 bridgehead atoms. The number of benzene rings is 1. The highest BCUT2D eigenvalue weighted by Crippen LogP contribution is 2.19. The number of anilines is 1. The lowest BCUT2D eigenvalue weighted by Gasteiger charge is -2.27. The van der Waals surface area contributed by atoms with Crippen LogP contribution < -0.4 is 21.7 Å². The van der Waals surface area contributed by atoms with Crippen molar-refractivity contribution in [3.8, 4) is 0 Å². The summed E-state index contributed by atoms with van der Waals surface area (Å²) in [5, 5.41) is 8.81. The molecule has 5 N–H and O–H groups in total. The zero-order chi connectivity index (χ0) is 15.2. The lowest BCUT2D eigenvalue weighted by atomic mass is 9.92. The van der Waals surface area contributed by atoms with Gasteiger partial charge in [-0.15, -0.1) is 0 Å². The van der Waals surface area contributed by atoms with Crippen molar-refractivity contribution >= 4 is 17.6 Å². The van der Waals surface area contributed by atoms with E-state index in [0.717, 1.165) is 30.6 Å². The number of nitrogens with two attached hydrogens (primary N) is 1. The van der Waals surface area contributed by atoms with Gasteiger partial charge in [0, 0.05) is 24.2 Å². The minimum absolute atomic E-state index is 0.0671. The summed E-state index contributed by atoms with van der Waals surface area (Å²) in [4.78, 5) is 22.8. The van der Waals surface area contributed by atoms with Gasteiger partial charge in [-0.05, 0) is 44.0 Å². The Hall–Kier alpha value is -2.08. The summed E-state index contributed by atoms with van der Waals surface area (Å²) >= 11 is 0. The lowest BCUT2D eigenvalue weighted by Crippen LogP contribution is -2.40. The molecule has 0 aliphatic carbocycles. The molecule has 1 aliphatic rings. The second kappa shape index (κ2) is 7.08. The van der Waals surface area contributed by atoms with E-state index in [1.54, 1.807) is 0 Å². The Morgan fingerprint density at radius 2 is 2.05 bits per heavy atom. The Balaban J connectivity index is 1.87. The molecule has 6 nitrogen and oxygen atoms in total. The molecule has 2 atom stereocenters. The molecule has 1 aromatic rings. The van der Waals surface area contributed by atoms with E-state index in [-0.39, 0.29) is 11.8 Å². The summed E-state index contributed by atoms with van der Waals surface area (Å²) in [6, 6.07) is 7.22. The molecule has 0 unspecified atom stereocenters. The maximum absolute atomic E-state index is 12.2. The predicted octanol–water partition coefficient (Wildman–Crippen LogP) is 1.18. The van der Waals surface area contributed by atoms with E-state index in [1.165, 1.54) is 0 Å². The van der Waals surface area contributed by atoms with E-state index in [0.29, 0.717) is 12.6 Å². The summed E-state index contributed by atoms with van der Waals surface area (Å²) in [5.41, 5.74) is 6.72. The van der Waals surface area contributed by atoms with Gasteiger partial charge in [-0.25, -0.2) is 4.79 Å². The fourth-order valence-electron chi connectivity index (χ4n) is 2.51. The van der Waals surface area contributed by atoms with Gasteiger partial charge >= 0.3 is 6.03 Å². The van der Waals surface area contributed by atoms with Crippen LogP contribution in [-0.2, 0) is 11.3 Å². The van der Waals surface area contributed by atoms with Crippen LogP contribution in [0.15, 0.2) is 24.3 Å². The molecule has 1 aromatic carbocycles. The number of nitrogens with one attached hydrogen (secondary N) is 3. The third-order valence-electron chi connectivity index (χ3n) is 3.68. The number of urea groups is 1. The molecule has 0 spiro atoms. The maximum atomic E-state index is 12.2. The van der Waals surface area contributed by atoms with Crippen LogP contribution in [0.5, 0.6) is 0 Å². The van der Waals surface area contributed by atoms with Crippen molar-refractivity contribution < 1.29 is 9.59 Å². The summed E-state index contributed by atoms with van der Waals surface area (Å²) in [7, 11) is 0. The molecule has 1 aliphatic heterocycles. The highest BCUT2D eigenvalue weighted by molar-refractivity contribution is 5.92. The Bertz CT molecular complexity index is 501. The van der Waals surface area contributed by atoms with Crippen molar-refractivity contribution in [3.05, 3.63) is 29.8 Å². The Morgan fingerprint density at radius 1 is 1.33 bits per heavy atom. The molecule has 1 fully saturated rings. The molecule has 2 rings (SSSR count). The van der Waals surface area contributed by atoms with E-state index in [1.807, 2.05) is 24.3 Å². The van der Waals surface area contributed by atoms with Crippen LogP contribution in [0.2, 0.25) is 0 Å². The van der Waals surface area contributed by atoms with Crippen molar-refractivity contribution in [1.82, 2.24) is 10.6 Å². The van der Waals surface area contributed by atoms with Crippen LogP contribution >= 0.6 is 0 Å². The molecule has 0 aromatic heterocycles. The van der Waals surface area contributed by atoms with Crippen molar-refractivity contribution in [1.29, 1.82) is 0 Å². The highest BCUT2D eigenvalue weighted by Gasteiger charge is 2.24. The highest BCUT2D eigenvalue weighted by atomic mass is 16.2. The van der Waals surface area contributed by atoms with Crippen LogP contribution in [0.3, 0.4) is 0 Å². The number of primary amides is 1. The number of hydrogen-bond donors (Lipinski definition) is 4. The standard InChI is InChI=1S/C15H22N4O2/c1-10-8-12(6-7-17-10)14(20)19-13-4-2-11(3-5-13)9-18-15(16)21/h2-5,10,12,17H,6-9H2,1H3,(H,19,20)(H3,16,18,21)/t10-,12-/m0/s1. The summed E-state index contributed by atoms with van der Waals surface area (Å²) < 4.78 is 0. The fourth-order valence-corrected chi connectivity index (χ4v) is 2.51. The van der Waals surface area contributed by atoms with E-state index in [4.69, 9.17) is 5.73 Å². The van der Waals surface area contributed by atoms with Crippen LogP contribution in [0.1, 0.15) is 25.3 Å². The maximum Gasteiger partial charge on any atom is 0.312 e. The molecule has 6 heteroatoms. The molecule has 1 heterocycles. The Morgan fingerprint density at radius 3 is 2.67 bits per heavy atom. The van der Waals surface area contributed by atoms with Gasteiger partial charge in [0.1, 0.15) is 0 Å². The first-order valence-corrected chi connectivity index (χ1v) is 7.21. The number of carbonyl (C=O) groups is 2. The smallest absolute Gasteiger partial charge is 0.312 e. The van der Waals surface area contributed by atoms with Crippen LogP contribution in [-0.4, -0.2) is 24.5 Å². The quantitative estimate of drug-likeness (QED) is 0.670. The first-order valence-electron chi connectivity index (χ1n) is 7.21. The Kier molecular flexibility index (Phi) is 5.16. The summed E-state index contributed by atoms with van der Waals surface area (Å²) in [5.74, 6) is 0.142. The minimum Gasteiger partial charge on any atom is -0.352 e. The molecule has 0 radical (unpaired) electrons. The van der Waals surface area contributed by atoms with Crippen LogP contribution in [0.25, 0.3) is 0 Å². The SMILES string of the molecule is C[C@H]1C[C@@H](C(=O)Nc2ccc(CNC(N)=O)cc2)CCN1. The minimum atomic E-state index is -0.549. The predicted molar refractivity (Wildman–Crippen MR) is 81.7 cm³/mol. The molecule has 3 amide bonds. The van der Waals surface area contributed by atoms with Gasteiger partial charge < -0.3 is 21.7 Å². The molecule has 21 heavy (non-hydrogen) atoms. The lowest BCUT2D eigenvalue weighted by molar-refractivity contribution is -0.120. The Labute approximate surface area is 124 Å². The van der Waals surface area contributed by atoms with Crippen LogP contribution in [0.4, 0.5) is 10.5 Å². The monoisotopic (exact) mass is 290 g/mol. The molecular formula is C15H22N4O2. The van der Waals surface area contributed by atoms with E-state index in [2.05, 4.69) is 22.9 Å². The molecule has 0 saturated carbocycles. The fraction of sp³-hybridized carbons (Fsp3) is 0.467. The van der Waals surface area contributed by atoms with Crippen molar-refractivity contribution in [2.24, 2.45) is 11.7 Å². The topological polar surface area (TPSA) is 96.2 Å². The second-order valence-corrected chi connectivity index (χ2v) is 5.48. The van der Waals surface area contributed by atoms with Gasteiger partial charge in [-0.3, -0.25) is 4.79 Å². The first-order chi connectivity index (χ1) is 10.0. The van der Waals surface area contributed by atoms with E-state index < -0.39 is 6.03 Å². The van der Waals surface area contributed by atoms with Gasteiger partial charge in [0.2, 0.25) is 5.91 Å². The number of rotatable bonds is 4. The summed E-state index contributed by atoms with van der Waals surface area (Å²) in [6.07, 6.45) is 1.74. The van der Waals surface area contributed by atoms with Gasteiger partial charge in [0.25, 0.3) is 0 Å². The van der Waals surface area contributed by atoms with Gasteiger partial charge in [-0.1, -0.05) is 12.1 Å². The van der Waals surface area contributed by atoms with Crippen molar-refractivity contribution in [2.45, 2.75) is 32.4 Å². The number of amides is 3. The van der Waals surface area contributed by atoms with E-state index >= 15 is 0 Å². The second-order valence-electron chi connectivity index (χ2n) is 5.48. The largest absolute Gasteiger partial charge is 0.352 e. The third kappa shape index (κ3) is 4.75. The molecule has 114 valence electrons. The van der Waals surface area contributed by atoms with Gasteiger partial charge in [0.05, 0.1) is 0 Å². The average Bonchev–Trinajstić information content (AvgIpc) is 2.46. The first kappa shape index (κ1) is 15.3. The number of carbonyl (C=O) groups excluding carboxylic acids is 2. The van der Waals surface area contributed by atoms with Crippen LogP contribution in [0, 0.1) is 5.92 Å².